The second kappa shape index (κ2) is 6.69. The van der Waals surface area contributed by atoms with Crippen LogP contribution in [-0.2, 0) is 9.53 Å². The first-order valence-corrected chi connectivity index (χ1v) is 6.65. The van der Waals surface area contributed by atoms with E-state index in [2.05, 4.69) is 12.2 Å². The zero-order valence-corrected chi connectivity index (χ0v) is 11.1. The summed E-state index contributed by atoms with van der Waals surface area (Å²) in [6, 6.07) is 0.349. The molecule has 2 aliphatic rings. The highest BCUT2D eigenvalue weighted by Crippen LogP contribution is 2.17. The molecule has 0 aromatic heterocycles. The predicted molar refractivity (Wildman–Crippen MR) is 68.4 cm³/mol. The topological polar surface area (TPSA) is 41.6 Å². The molecule has 0 aromatic carbocycles. The Kier molecular flexibility index (Phi) is 5.89. The second-order valence-electron chi connectivity index (χ2n) is 4.02. The molecule has 2 heterocycles. The Labute approximate surface area is 107 Å². The lowest BCUT2D eigenvalue weighted by atomic mass is 10.2. The van der Waals surface area contributed by atoms with Gasteiger partial charge in [0, 0.05) is 37.2 Å². The molecule has 0 aliphatic carbocycles. The fourth-order valence-electron chi connectivity index (χ4n) is 1.96. The van der Waals surface area contributed by atoms with Crippen LogP contribution in [0.5, 0.6) is 0 Å². The molecule has 16 heavy (non-hydrogen) atoms. The van der Waals surface area contributed by atoms with E-state index in [-0.39, 0.29) is 24.4 Å². The van der Waals surface area contributed by atoms with Gasteiger partial charge in [0.2, 0.25) is 0 Å². The fourth-order valence-corrected chi connectivity index (χ4v) is 2.98. The standard InChI is InChI=1S/C10H18N2O2S.ClH/c1-8-7-15-5-3-12(8)10(13)9-6-11-2-4-14-9;/h8-9,11H,2-7H2,1H3;1H/t8?,9-;/m1./s1. The number of thioether (sulfide) groups is 1. The van der Waals surface area contributed by atoms with E-state index in [1.165, 1.54) is 0 Å². The zero-order chi connectivity index (χ0) is 10.7. The number of amides is 1. The quantitative estimate of drug-likeness (QED) is 0.744. The van der Waals surface area contributed by atoms with Gasteiger partial charge in [-0.1, -0.05) is 0 Å². The Morgan fingerprint density at radius 1 is 1.56 bits per heavy atom. The van der Waals surface area contributed by atoms with Crippen molar-refractivity contribution in [1.29, 1.82) is 0 Å². The van der Waals surface area contributed by atoms with Gasteiger partial charge in [0.05, 0.1) is 6.61 Å². The summed E-state index contributed by atoms with van der Waals surface area (Å²) in [4.78, 5) is 14.1. The van der Waals surface area contributed by atoms with Gasteiger partial charge in [0.1, 0.15) is 6.10 Å². The molecule has 94 valence electrons. The van der Waals surface area contributed by atoms with Crippen molar-refractivity contribution in [1.82, 2.24) is 10.2 Å². The lowest BCUT2D eigenvalue weighted by molar-refractivity contribution is -0.146. The predicted octanol–water partition coefficient (Wildman–Crippen LogP) is 0.361. The molecular formula is C10H19ClN2O2S. The molecule has 1 unspecified atom stereocenters. The normalized spacial score (nSPS) is 30.7. The van der Waals surface area contributed by atoms with Crippen molar-refractivity contribution in [2.75, 3.05) is 37.7 Å². The van der Waals surface area contributed by atoms with E-state index >= 15 is 0 Å². The summed E-state index contributed by atoms with van der Waals surface area (Å²) in [7, 11) is 0. The van der Waals surface area contributed by atoms with Gasteiger partial charge in [-0.25, -0.2) is 0 Å². The molecule has 2 aliphatic heterocycles. The van der Waals surface area contributed by atoms with Gasteiger partial charge in [0.25, 0.3) is 5.91 Å². The molecular weight excluding hydrogens is 248 g/mol. The average molecular weight is 267 g/mol. The highest BCUT2D eigenvalue weighted by molar-refractivity contribution is 7.99. The number of rotatable bonds is 1. The third-order valence-electron chi connectivity index (χ3n) is 2.85. The number of carbonyl (C=O) groups excluding carboxylic acids is 1. The first kappa shape index (κ1) is 14.1. The van der Waals surface area contributed by atoms with Crippen LogP contribution in [0.4, 0.5) is 0 Å². The molecule has 2 saturated heterocycles. The van der Waals surface area contributed by atoms with Crippen molar-refractivity contribution in [3.8, 4) is 0 Å². The second-order valence-corrected chi connectivity index (χ2v) is 5.17. The van der Waals surface area contributed by atoms with E-state index in [1.807, 2.05) is 16.7 Å². The van der Waals surface area contributed by atoms with Gasteiger partial charge in [-0.2, -0.15) is 11.8 Å². The minimum absolute atomic E-state index is 0. The van der Waals surface area contributed by atoms with E-state index in [1.54, 1.807) is 0 Å². The van der Waals surface area contributed by atoms with Crippen LogP contribution in [-0.4, -0.2) is 60.7 Å². The molecule has 4 nitrogen and oxygen atoms in total. The summed E-state index contributed by atoms with van der Waals surface area (Å²) in [5, 5.41) is 3.19. The van der Waals surface area contributed by atoms with Gasteiger partial charge >= 0.3 is 0 Å². The third kappa shape index (κ3) is 3.26. The molecule has 0 aromatic rings. The number of hydrogen-bond acceptors (Lipinski definition) is 4. The molecule has 2 rings (SSSR count). The monoisotopic (exact) mass is 266 g/mol. The van der Waals surface area contributed by atoms with E-state index in [9.17, 15) is 4.79 Å². The van der Waals surface area contributed by atoms with Gasteiger partial charge in [0.15, 0.2) is 0 Å². The third-order valence-corrected chi connectivity index (χ3v) is 4.04. The minimum Gasteiger partial charge on any atom is -0.366 e. The van der Waals surface area contributed by atoms with Gasteiger partial charge in [-0.15, -0.1) is 12.4 Å². The van der Waals surface area contributed by atoms with Crippen molar-refractivity contribution >= 4 is 30.1 Å². The smallest absolute Gasteiger partial charge is 0.253 e. The number of nitrogens with one attached hydrogen (secondary N) is 1. The SMILES string of the molecule is CC1CSCCN1C(=O)[C@H]1CNCCO1.Cl. The summed E-state index contributed by atoms with van der Waals surface area (Å²) in [5.41, 5.74) is 0. The maximum Gasteiger partial charge on any atom is 0.253 e. The van der Waals surface area contributed by atoms with Crippen molar-refractivity contribution in [2.45, 2.75) is 19.1 Å². The maximum absolute atomic E-state index is 12.1. The van der Waals surface area contributed by atoms with Crippen LogP contribution in [0.3, 0.4) is 0 Å². The molecule has 1 N–H and O–H groups in total. The number of morpholine rings is 1. The molecule has 0 spiro atoms. The van der Waals surface area contributed by atoms with E-state index in [0.29, 0.717) is 19.2 Å². The fraction of sp³-hybridized carbons (Fsp3) is 0.900. The van der Waals surface area contributed by atoms with Crippen LogP contribution in [0.25, 0.3) is 0 Å². The van der Waals surface area contributed by atoms with Crippen LogP contribution >= 0.6 is 24.2 Å². The number of ether oxygens (including phenoxy) is 1. The summed E-state index contributed by atoms with van der Waals surface area (Å²) in [6.07, 6.45) is -0.260. The molecule has 0 bridgehead atoms. The van der Waals surface area contributed by atoms with Crippen LogP contribution < -0.4 is 5.32 Å². The Bertz CT molecular complexity index is 237. The largest absolute Gasteiger partial charge is 0.366 e. The lowest BCUT2D eigenvalue weighted by Gasteiger charge is -2.36. The molecule has 2 fully saturated rings. The average Bonchev–Trinajstić information content (AvgIpc) is 2.30. The van der Waals surface area contributed by atoms with Gasteiger partial charge in [-0.3, -0.25) is 4.79 Å². The summed E-state index contributed by atoms with van der Waals surface area (Å²) < 4.78 is 5.48. The molecule has 0 saturated carbocycles. The highest BCUT2D eigenvalue weighted by atomic mass is 35.5. The summed E-state index contributed by atoms with van der Waals surface area (Å²) in [5.74, 6) is 2.26. The van der Waals surface area contributed by atoms with Crippen LogP contribution in [0.1, 0.15) is 6.92 Å². The minimum atomic E-state index is -0.260. The van der Waals surface area contributed by atoms with Crippen LogP contribution in [0.2, 0.25) is 0 Å². The maximum atomic E-state index is 12.1. The number of nitrogens with zero attached hydrogens (tertiary/aromatic N) is 1. The van der Waals surface area contributed by atoms with Crippen LogP contribution in [0, 0.1) is 0 Å². The van der Waals surface area contributed by atoms with E-state index < -0.39 is 0 Å². The van der Waals surface area contributed by atoms with Crippen molar-refractivity contribution in [3.63, 3.8) is 0 Å². The summed E-state index contributed by atoms with van der Waals surface area (Å²) >= 11 is 1.92. The molecule has 2 atom stereocenters. The first-order valence-electron chi connectivity index (χ1n) is 5.49. The Hall–Kier alpha value is 0.0300. The molecule has 1 amide bonds. The molecule has 6 heteroatoms. The number of carbonyl (C=O) groups is 1. The number of hydrogen-bond donors (Lipinski definition) is 1. The first-order chi connectivity index (χ1) is 7.29. The van der Waals surface area contributed by atoms with E-state index in [0.717, 1.165) is 24.6 Å². The Morgan fingerprint density at radius 3 is 3.00 bits per heavy atom. The van der Waals surface area contributed by atoms with Crippen molar-refractivity contribution < 1.29 is 9.53 Å². The number of halogens is 1. The lowest BCUT2D eigenvalue weighted by Crippen LogP contribution is -2.54. The van der Waals surface area contributed by atoms with Crippen molar-refractivity contribution in [2.24, 2.45) is 0 Å². The van der Waals surface area contributed by atoms with Gasteiger partial charge in [-0.05, 0) is 6.92 Å². The zero-order valence-electron chi connectivity index (χ0n) is 9.48. The molecule has 0 radical (unpaired) electrons. The Balaban J connectivity index is 0.00000128. The Morgan fingerprint density at radius 2 is 2.38 bits per heavy atom. The van der Waals surface area contributed by atoms with Gasteiger partial charge < -0.3 is 15.0 Å². The summed E-state index contributed by atoms with van der Waals surface area (Å²) in [6.45, 7) is 5.14. The van der Waals surface area contributed by atoms with Crippen molar-refractivity contribution in [3.05, 3.63) is 0 Å². The van der Waals surface area contributed by atoms with E-state index in [4.69, 9.17) is 4.74 Å². The highest BCUT2D eigenvalue weighted by Gasteiger charge is 2.30. The van der Waals surface area contributed by atoms with Crippen LogP contribution in [0.15, 0.2) is 0 Å².